The number of nitrogens with one attached hydrogen (secondary N) is 2. The number of nitriles is 1. The van der Waals surface area contributed by atoms with E-state index in [2.05, 4.69) is 16.4 Å². The van der Waals surface area contributed by atoms with Crippen LogP contribution in [-0.2, 0) is 21.7 Å². The second-order valence-electron chi connectivity index (χ2n) is 7.54. The topological polar surface area (TPSA) is 95.0 Å². The van der Waals surface area contributed by atoms with Crippen molar-refractivity contribution in [3.8, 4) is 6.07 Å². The molecule has 1 aliphatic heterocycles. The van der Waals surface area contributed by atoms with Crippen LogP contribution in [0.4, 0.5) is 5.69 Å². The summed E-state index contributed by atoms with van der Waals surface area (Å²) in [5.74, 6) is 0.828. The number of rotatable bonds is 7. The zero-order valence-electron chi connectivity index (χ0n) is 17.4. The Labute approximate surface area is 181 Å². The van der Waals surface area contributed by atoms with Gasteiger partial charge < -0.3 is 15.0 Å². The standard InChI is InChI=1S/C23H27N3O3S/c1-15-20(16(2)25-23(28)21(15)13-24)6-7-22(27)26-18-5-3-4-17(12-18)14-30-19-8-10-29-11-9-19/h3-5,12,19H,6-11,14H2,1-2H3,(H,25,28)(H,26,27). The summed E-state index contributed by atoms with van der Waals surface area (Å²) in [7, 11) is 0. The van der Waals surface area contributed by atoms with Crippen LogP contribution in [0.1, 0.15) is 47.2 Å². The highest BCUT2D eigenvalue weighted by Gasteiger charge is 2.15. The van der Waals surface area contributed by atoms with Crippen molar-refractivity contribution in [1.82, 2.24) is 4.98 Å². The molecule has 7 heteroatoms. The molecule has 1 fully saturated rings. The van der Waals surface area contributed by atoms with E-state index in [0.717, 1.165) is 43.1 Å². The molecule has 0 bridgehead atoms. The maximum absolute atomic E-state index is 12.5. The maximum Gasteiger partial charge on any atom is 0.266 e. The second kappa shape index (κ2) is 10.5. The third-order valence-corrected chi connectivity index (χ3v) is 6.83. The third kappa shape index (κ3) is 5.74. The second-order valence-corrected chi connectivity index (χ2v) is 8.83. The van der Waals surface area contributed by atoms with Crippen molar-refractivity contribution >= 4 is 23.4 Å². The molecule has 0 spiro atoms. The van der Waals surface area contributed by atoms with Crippen LogP contribution in [0.25, 0.3) is 0 Å². The molecule has 30 heavy (non-hydrogen) atoms. The Bertz CT molecular complexity index is 1000. The zero-order chi connectivity index (χ0) is 21.5. The molecule has 0 aliphatic carbocycles. The lowest BCUT2D eigenvalue weighted by molar-refractivity contribution is -0.116. The molecule has 2 heterocycles. The monoisotopic (exact) mass is 425 g/mol. The molecule has 3 rings (SSSR count). The molecule has 1 saturated heterocycles. The van der Waals surface area contributed by atoms with Crippen LogP contribution in [0.5, 0.6) is 0 Å². The van der Waals surface area contributed by atoms with E-state index in [1.807, 2.05) is 36.0 Å². The lowest BCUT2D eigenvalue weighted by atomic mass is 9.99. The number of nitrogens with zero attached hydrogens (tertiary/aromatic N) is 1. The fraction of sp³-hybridized carbons (Fsp3) is 0.435. The molecule has 2 aromatic rings. The number of benzene rings is 1. The lowest BCUT2D eigenvalue weighted by Crippen LogP contribution is -2.18. The molecule has 1 aliphatic rings. The van der Waals surface area contributed by atoms with Crippen molar-refractivity contribution in [2.45, 2.75) is 50.5 Å². The Balaban J connectivity index is 1.56. The van der Waals surface area contributed by atoms with Gasteiger partial charge in [0.05, 0.1) is 0 Å². The minimum absolute atomic E-state index is 0.0901. The average molecular weight is 426 g/mol. The summed E-state index contributed by atoms with van der Waals surface area (Å²) in [5, 5.41) is 12.8. The van der Waals surface area contributed by atoms with Crippen molar-refractivity contribution in [2.24, 2.45) is 0 Å². The molecule has 6 nitrogen and oxygen atoms in total. The van der Waals surface area contributed by atoms with E-state index in [1.54, 1.807) is 13.8 Å². The molecule has 1 amide bonds. The van der Waals surface area contributed by atoms with Crippen LogP contribution in [-0.4, -0.2) is 29.4 Å². The number of hydrogen-bond donors (Lipinski definition) is 2. The molecular formula is C23H27N3O3S. The lowest BCUT2D eigenvalue weighted by Gasteiger charge is -2.21. The van der Waals surface area contributed by atoms with Crippen LogP contribution in [0.3, 0.4) is 0 Å². The van der Waals surface area contributed by atoms with E-state index in [4.69, 9.17) is 4.74 Å². The number of pyridine rings is 1. The van der Waals surface area contributed by atoms with Crippen molar-refractivity contribution in [1.29, 1.82) is 5.26 Å². The van der Waals surface area contributed by atoms with Gasteiger partial charge in [-0.15, -0.1) is 0 Å². The van der Waals surface area contributed by atoms with Gasteiger partial charge in [0, 0.05) is 42.0 Å². The molecule has 158 valence electrons. The van der Waals surface area contributed by atoms with E-state index in [0.29, 0.717) is 22.9 Å². The molecule has 1 aromatic carbocycles. The number of aryl methyl sites for hydroxylation is 1. The maximum atomic E-state index is 12.5. The average Bonchev–Trinajstić information content (AvgIpc) is 2.73. The summed E-state index contributed by atoms with van der Waals surface area (Å²) in [6, 6.07) is 9.91. The van der Waals surface area contributed by atoms with Gasteiger partial charge in [-0.2, -0.15) is 17.0 Å². The minimum Gasteiger partial charge on any atom is -0.381 e. The molecule has 0 unspecified atom stereocenters. The fourth-order valence-corrected chi connectivity index (χ4v) is 4.81. The van der Waals surface area contributed by atoms with Gasteiger partial charge in [-0.3, -0.25) is 9.59 Å². The minimum atomic E-state index is -0.379. The fourth-order valence-electron chi connectivity index (χ4n) is 3.68. The third-order valence-electron chi connectivity index (χ3n) is 5.39. The van der Waals surface area contributed by atoms with Crippen LogP contribution in [0.15, 0.2) is 29.1 Å². The van der Waals surface area contributed by atoms with Gasteiger partial charge in [0.2, 0.25) is 5.91 Å². The van der Waals surface area contributed by atoms with Gasteiger partial charge in [-0.1, -0.05) is 12.1 Å². The number of aromatic amines is 1. The number of aromatic nitrogens is 1. The molecular weight excluding hydrogens is 398 g/mol. The quantitative estimate of drug-likeness (QED) is 0.703. The molecule has 0 atom stereocenters. The highest BCUT2D eigenvalue weighted by Crippen LogP contribution is 2.26. The van der Waals surface area contributed by atoms with E-state index in [9.17, 15) is 14.9 Å². The molecule has 2 N–H and O–H groups in total. The van der Waals surface area contributed by atoms with Crippen LogP contribution >= 0.6 is 11.8 Å². The van der Waals surface area contributed by atoms with Crippen LogP contribution in [0, 0.1) is 25.2 Å². The van der Waals surface area contributed by atoms with E-state index >= 15 is 0 Å². The Morgan fingerprint density at radius 1 is 1.33 bits per heavy atom. The van der Waals surface area contributed by atoms with Gasteiger partial charge in [-0.05, 0) is 61.9 Å². The largest absolute Gasteiger partial charge is 0.381 e. The predicted molar refractivity (Wildman–Crippen MR) is 120 cm³/mol. The number of ether oxygens (including phenoxy) is 1. The van der Waals surface area contributed by atoms with E-state index in [1.165, 1.54) is 5.56 Å². The van der Waals surface area contributed by atoms with Gasteiger partial charge in [0.15, 0.2) is 0 Å². The number of carbonyl (C=O) groups is 1. The summed E-state index contributed by atoms with van der Waals surface area (Å²) in [4.78, 5) is 27.0. The van der Waals surface area contributed by atoms with E-state index in [-0.39, 0.29) is 23.5 Å². The highest BCUT2D eigenvalue weighted by atomic mass is 32.2. The summed E-state index contributed by atoms with van der Waals surface area (Å²) in [5.41, 5.74) is 3.92. The summed E-state index contributed by atoms with van der Waals surface area (Å²) in [6.45, 7) is 5.24. The Morgan fingerprint density at radius 2 is 2.10 bits per heavy atom. The summed E-state index contributed by atoms with van der Waals surface area (Å²) >= 11 is 1.95. The first-order valence-electron chi connectivity index (χ1n) is 10.2. The predicted octanol–water partition coefficient (Wildman–Crippen LogP) is 3.85. The van der Waals surface area contributed by atoms with Crippen LogP contribution in [0.2, 0.25) is 0 Å². The van der Waals surface area contributed by atoms with E-state index < -0.39 is 0 Å². The molecule has 0 radical (unpaired) electrons. The Hall–Kier alpha value is -2.56. The number of hydrogen-bond acceptors (Lipinski definition) is 5. The first-order valence-corrected chi connectivity index (χ1v) is 11.2. The van der Waals surface area contributed by atoms with Crippen molar-refractivity contribution < 1.29 is 9.53 Å². The Kier molecular flexibility index (Phi) is 7.72. The normalized spacial score (nSPS) is 14.3. The van der Waals surface area contributed by atoms with Gasteiger partial charge in [0.25, 0.3) is 5.56 Å². The van der Waals surface area contributed by atoms with Gasteiger partial charge in [-0.25, -0.2) is 0 Å². The highest BCUT2D eigenvalue weighted by molar-refractivity contribution is 7.99. The first-order chi connectivity index (χ1) is 14.5. The molecule has 1 aromatic heterocycles. The van der Waals surface area contributed by atoms with Crippen LogP contribution < -0.4 is 10.9 Å². The number of anilines is 1. The summed E-state index contributed by atoms with van der Waals surface area (Å²) < 4.78 is 5.41. The van der Waals surface area contributed by atoms with Crippen molar-refractivity contribution in [2.75, 3.05) is 18.5 Å². The smallest absolute Gasteiger partial charge is 0.266 e. The molecule has 0 saturated carbocycles. The first kappa shape index (κ1) is 22.1. The van der Waals surface area contributed by atoms with Crippen molar-refractivity contribution in [3.63, 3.8) is 0 Å². The SMILES string of the molecule is Cc1[nH]c(=O)c(C#N)c(C)c1CCC(=O)Nc1cccc(CSC2CCOCC2)c1. The van der Waals surface area contributed by atoms with Crippen molar-refractivity contribution in [3.05, 3.63) is 62.6 Å². The van der Waals surface area contributed by atoms with Gasteiger partial charge in [0.1, 0.15) is 11.6 Å². The number of carbonyl (C=O) groups excluding carboxylic acids is 1. The Morgan fingerprint density at radius 3 is 2.83 bits per heavy atom. The summed E-state index contributed by atoms with van der Waals surface area (Å²) in [6.07, 6.45) is 2.93. The number of H-pyrrole nitrogens is 1. The zero-order valence-corrected chi connectivity index (χ0v) is 18.2. The van der Waals surface area contributed by atoms with Gasteiger partial charge >= 0.3 is 0 Å². The number of thioether (sulfide) groups is 1. The number of amides is 1.